The van der Waals surface area contributed by atoms with Gasteiger partial charge in [0.2, 0.25) is 5.91 Å². The number of carbonyl (C=O) groups is 2. The lowest BCUT2D eigenvalue weighted by Gasteiger charge is -2.15. The first-order valence-electron chi connectivity index (χ1n) is 7.77. The zero-order valence-electron chi connectivity index (χ0n) is 14.4. The van der Waals surface area contributed by atoms with Crippen molar-refractivity contribution in [1.82, 2.24) is 5.32 Å². The minimum atomic E-state index is -1.10. The van der Waals surface area contributed by atoms with Crippen LogP contribution in [0.5, 0.6) is 5.75 Å². The zero-order chi connectivity index (χ0) is 18.4. The second-order valence-electron chi connectivity index (χ2n) is 5.67. The van der Waals surface area contributed by atoms with Crippen molar-refractivity contribution in [2.45, 2.75) is 24.8 Å². The summed E-state index contributed by atoms with van der Waals surface area (Å²) in [5, 5.41) is 12.0. The van der Waals surface area contributed by atoms with Gasteiger partial charge in [0.15, 0.2) is 6.04 Å². The molecule has 6 heteroatoms. The number of carboxylic acid groups (broad SMARTS) is 1. The number of aliphatic carboxylic acids is 1. The van der Waals surface area contributed by atoms with Crippen molar-refractivity contribution in [2.75, 3.05) is 12.9 Å². The van der Waals surface area contributed by atoms with Crippen LogP contribution in [0.2, 0.25) is 0 Å². The Kier molecular flexibility index (Phi) is 6.47. The van der Waals surface area contributed by atoms with Crippen molar-refractivity contribution < 1.29 is 19.4 Å². The number of carboxylic acids is 1. The molecule has 0 aliphatic rings. The Morgan fingerprint density at radius 2 is 1.84 bits per heavy atom. The van der Waals surface area contributed by atoms with Gasteiger partial charge in [0.25, 0.3) is 0 Å². The fraction of sp³-hybridized carbons (Fsp3) is 0.263. The van der Waals surface area contributed by atoms with Crippen molar-refractivity contribution in [1.29, 1.82) is 0 Å². The van der Waals surface area contributed by atoms with E-state index in [-0.39, 0.29) is 11.7 Å². The number of amides is 1. The molecule has 0 aromatic heterocycles. The molecule has 0 saturated carbocycles. The molecule has 132 valence electrons. The number of methoxy groups -OCH3 is 1. The molecule has 5 nitrogen and oxygen atoms in total. The first-order valence-corrected chi connectivity index (χ1v) is 8.75. The summed E-state index contributed by atoms with van der Waals surface area (Å²) in [6.07, 6.45) is 0. The first-order chi connectivity index (χ1) is 11.9. The van der Waals surface area contributed by atoms with Gasteiger partial charge in [0.1, 0.15) is 5.75 Å². The third kappa shape index (κ3) is 5.26. The van der Waals surface area contributed by atoms with Crippen molar-refractivity contribution in [2.24, 2.45) is 0 Å². The number of hydrogen-bond acceptors (Lipinski definition) is 4. The van der Waals surface area contributed by atoms with Gasteiger partial charge in [-0.2, -0.15) is 0 Å². The van der Waals surface area contributed by atoms with Gasteiger partial charge in [-0.1, -0.05) is 29.8 Å². The fourth-order valence-corrected chi connectivity index (χ4v) is 3.21. The van der Waals surface area contributed by atoms with Gasteiger partial charge in [-0.3, -0.25) is 4.79 Å². The molecule has 0 spiro atoms. The molecule has 0 bridgehead atoms. The molecule has 0 radical (unpaired) electrons. The highest BCUT2D eigenvalue weighted by Crippen LogP contribution is 2.23. The molecule has 2 N–H and O–H groups in total. The molecule has 1 amide bonds. The summed E-state index contributed by atoms with van der Waals surface area (Å²) in [4.78, 5) is 24.7. The smallest absolute Gasteiger partial charge is 0.330 e. The standard InChI is InChI=1S/C19H21NO4S/c1-12-4-9-16(13(2)10-12)25-11-17(21)20-18(19(22)23)14-5-7-15(24-3)8-6-14/h4-10,18H,11H2,1-3H3,(H,20,21)(H,22,23). The van der Waals surface area contributed by atoms with Gasteiger partial charge >= 0.3 is 5.97 Å². The number of hydrogen-bond donors (Lipinski definition) is 2. The molecule has 0 fully saturated rings. The second kappa shape index (κ2) is 8.58. The summed E-state index contributed by atoms with van der Waals surface area (Å²) in [6, 6.07) is 11.5. The number of aryl methyl sites for hydroxylation is 2. The molecule has 0 aliphatic heterocycles. The Morgan fingerprint density at radius 1 is 1.16 bits per heavy atom. The maximum absolute atomic E-state index is 12.2. The summed E-state index contributed by atoms with van der Waals surface area (Å²) in [5.74, 6) is -0.642. The lowest BCUT2D eigenvalue weighted by atomic mass is 10.1. The molecule has 2 rings (SSSR count). The van der Waals surface area contributed by atoms with E-state index < -0.39 is 12.0 Å². The van der Waals surface area contributed by atoms with E-state index in [1.54, 1.807) is 24.3 Å². The monoisotopic (exact) mass is 359 g/mol. The van der Waals surface area contributed by atoms with E-state index in [4.69, 9.17) is 4.74 Å². The van der Waals surface area contributed by atoms with Gasteiger partial charge in [-0.25, -0.2) is 4.79 Å². The Balaban J connectivity index is 2.01. The molecular formula is C19H21NO4S. The Morgan fingerprint density at radius 3 is 2.40 bits per heavy atom. The van der Waals surface area contributed by atoms with Crippen LogP contribution < -0.4 is 10.1 Å². The van der Waals surface area contributed by atoms with E-state index in [0.717, 1.165) is 16.0 Å². The highest BCUT2D eigenvalue weighted by Gasteiger charge is 2.22. The molecule has 0 aliphatic carbocycles. The van der Waals surface area contributed by atoms with Crippen LogP contribution in [0.4, 0.5) is 0 Å². The summed E-state index contributed by atoms with van der Waals surface area (Å²) in [6.45, 7) is 4.01. The molecular weight excluding hydrogens is 338 g/mol. The van der Waals surface area contributed by atoms with E-state index in [1.165, 1.54) is 18.9 Å². The van der Waals surface area contributed by atoms with Gasteiger partial charge < -0.3 is 15.2 Å². The Bertz CT molecular complexity index is 759. The van der Waals surface area contributed by atoms with Crippen LogP contribution in [0.1, 0.15) is 22.7 Å². The predicted octanol–water partition coefficient (Wildman–Crippen LogP) is 3.35. The lowest BCUT2D eigenvalue weighted by Crippen LogP contribution is -2.34. The zero-order valence-corrected chi connectivity index (χ0v) is 15.2. The predicted molar refractivity (Wildman–Crippen MR) is 98.2 cm³/mol. The lowest BCUT2D eigenvalue weighted by molar-refractivity contribution is -0.141. The van der Waals surface area contributed by atoms with E-state index in [1.807, 2.05) is 26.0 Å². The quantitative estimate of drug-likeness (QED) is 0.742. The largest absolute Gasteiger partial charge is 0.497 e. The average Bonchev–Trinajstić information content (AvgIpc) is 2.59. The Hall–Kier alpha value is -2.47. The summed E-state index contributed by atoms with van der Waals surface area (Å²) < 4.78 is 5.06. The molecule has 2 aromatic rings. The summed E-state index contributed by atoms with van der Waals surface area (Å²) >= 11 is 1.39. The highest BCUT2D eigenvalue weighted by atomic mass is 32.2. The normalized spacial score (nSPS) is 11.6. The molecule has 2 aromatic carbocycles. The molecule has 0 heterocycles. The third-order valence-electron chi connectivity index (χ3n) is 3.69. The SMILES string of the molecule is COc1ccc(C(NC(=O)CSc2ccc(C)cc2C)C(=O)O)cc1. The minimum absolute atomic E-state index is 0.157. The minimum Gasteiger partial charge on any atom is -0.497 e. The first kappa shape index (κ1) is 18.9. The van der Waals surface area contributed by atoms with E-state index in [2.05, 4.69) is 11.4 Å². The fourth-order valence-electron chi connectivity index (χ4n) is 2.39. The van der Waals surface area contributed by atoms with Crippen molar-refractivity contribution >= 4 is 23.6 Å². The summed E-state index contributed by atoms with van der Waals surface area (Å²) in [7, 11) is 1.54. The number of benzene rings is 2. The number of rotatable bonds is 7. The van der Waals surface area contributed by atoms with Crippen molar-refractivity contribution in [3.05, 3.63) is 59.2 Å². The third-order valence-corrected chi connectivity index (χ3v) is 4.87. The van der Waals surface area contributed by atoms with Crippen LogP contribution in [0, 0.1) is 13.8 Å². The Labute approximate surface area is 151 Å². The van der Waals surface area contributed by atoms with Gasteiger partial charge in [0.05, 0.1) is 12.9 Å². The number of ether oxygens (including phenoxy) is 1. The number of thioether (sulfide) groups is 1. The van der Waals surface area contributed by atoms with Crippen molar-refractivity contribution in [3.63, 3.8) is 0 Å². The molecule has 1 atom stereocenters. The maximum atomic E-state index is 12.2. The van der Waals surface area contributed by atoms with E-state index in [0.29, 0.717) is 11.3 Å². The van der Waals surface area contributed by atoms with Crippen LogP contribution >= 0.6 is 11.8 Å². The van der Waals surface area contributed by atoms with E-state index >= 15 is 0 Å². The maximum Gasteiger partial charge on any atom is 0.330 e. The van der Waals surface area contributed by atoms with Crippen LogP contribution in [0.3, 0.4) is 0 Å². The molecule has 1 unspecified atom stereocenters. The number of carbonyl (C=O) groups excluding carboxylic acids is 1. The van der Waals surface area contributed by atoms with Crippen LogP contribution in [-0.2, 0) is 9.59 Å². The molecule has 0 saturated heterocycles. The second-order valence-corrected chi connectivity index (χ2v) is 6.69. The van der Waals surface area contributed by atoms with Crippen molar-refractivity contribution in [3.8, 4) is 5.75 Å². The number of nitrogens with one attached hydrogen (secondary N) is 1. The van der Waals surface area contributed by atoms with Crippen LogP contribution in [0.25, 0.3) is 0 Å². The van der Waals surface area contributed by atoms with Gasteiger partial charge in [-0.15, -0.1) is 11.8 Å². The molecule has 25 heavy (non-hydrogen) atoms. The topological polar surface area (TPSA) is 75.6 Å². The highest BCUT2D eigenvalue weighted by molar-refractivity contribution is 8.00. The average molecular weight is 359 g/mol. The van der Waals surface area contributed by atoms with Gasteiger partial charge in [0, 0.05) is 4.90 Å². The van der Waals surface area contributed by atoms with Crippen LogP contribution in [-0.4, -0.2) is 29.8 Å². The van der Waals surface area contributed by atoms with Crippen LogP contribution in [0.15, 0.2) is 47.4 Å². The van der Waals surface area contributed by atoms with Gasteiger partial charge in [-0.05, 0) is 43.2 Å². The van der Waals surface area contributed by atoms with E-state index in [9.17, 15) is 14.7 Å². The summed E-state index contributed by atoms with van der Waals surface area (Å²) in [5.41, 5.74) is 2.76.